The van der Waals surface area contributed by atoms with Gasteiger partial charge in [0.15, 0.2) is 0 Å². The molecule has 0 unspecified atom stereocenters. The molecule has 0 N–H and O–H groups in total. The number of rotatable bonds is 4. The third-order valence-corrected chi connectivity index (χ3v) is 4.86. The Balaban J connectivity index is 2.03. The van der Waals surface area contributed by atoms with Crippen LogP contribution in [0.3, 0.4) is 0 Å². The van der Waals surface area contributed by atoms with E-state index in [1.807, 2.05) is 7.05 Å². The third kappa shape index (κ3) is 3.54. The van der Waals surface area contributed by atoms with Crippen molar-refractivity contribution in [1.29, 1.82) is 0 Å². The van der Waals surface area contributed by atoms with Gasteiger partial charge in [0.2, 0.25) is 0 Å². The summed E-state index contributed by atoms with van der Waals surface area (Å²) in [7, 11) is 6.30. The van der Waals surface area contributed by atoms with Crippen LogP contribution in [-0.2, 0) is 20.0 Å². The summed E-state index contributed by atoms with van der Waals surface area (Å²) in [6.45, 7) is 5.40. The van der Waals surface area contributed by atoms with Crippen LogP contribution in [0.2, 0.25) is 5.15 Å². The van der Waals surface area contributed by atoms with Crippen LogP contribution in [0, 0.1) is 0 Å². The number of aryl methyl sites for hydroxylation is 2. The first-order chi connectivity index (χ1) is 9.52. The Hall–Kier alpha value is -0.580. The maximum absolute atomic E-state index is 6.40. The van der Waals surface area contributed by atoms with Crippen molar-refractivity contribution >= 4 is 11.6 Å². The lowest BCUT2D eigenvalue weighted by atomic mass is 10.1. The van der Waals surface area contributed by atoms with E-state index < -0.39 is 0 Å². The molecule has 2 rings (SSSR count). The van der Waals surface area contributed by atoms with E-state index in [2.05, 4.69) is 35.9 Å². The zero-order chi connectivity index (χ0) is 14.7. The first-order valence-corrected chi connectivity index (χ1v) is 7.99. The highest BCUT2D eigenvalue weighted by Gasteiger charge is 2.21. The maximum Gasteiger partial charge on any atom is 0.131 e. The van der Waals surface area contributed by atoms with Gasteiger partial charge in [-0.05, 0) is 52.9 Å². The van der Waals surface area contributed by atoms with Gasteiger partial charge in [0.05, 0.1) is 5.69 Å². The van der Waals surface area contributed by atoms with Gasteiger partial charge in [-0.15, -0.1) is 0 Å². The predicted molar refractivity (Wildman–Crippen MR) is 84.2 cm³/mol. The second kappa shape index (κ2) is 6.92. The molecule has 1 aliphatic heterocycles. The molecule has 1 atom stereocenters. The summed E-state index contributed by atoms with van der Waals surface area (Å²) in [5, 5.41) is 5.31. The van der Waals surface area contributed by atoms with Crippen molar-refractivity contribution in [3.63, 3.8) is 0 Å². The summed E-state index contributed by atoms with van der Waals surface area (Å²) < 4.78 is 1.80. The van der Waals surface area contributed by atoms with Gasteiger partial charge < -0.3 is 4.90 Å². The molecular formula is C15H27ClN4. The van der Waals surface area contributed by atoms with Gasteiger partial charge in [-0.3, -0.25) is 9.58 Å². The number of nitrogens with zero attached hydrogens (tertiary/aromatic N) is 4. The Morgan fingerprint density at radius 1 is 1.30 bits per heavy atom. The predicted octanol–water partition coefficient (Wildman–Crippen LogP) is 2.55. The number of aromatic nitrogens is 2. The molecule has 0 aliphatic carbocycles. The van der Waals surface area contributed by atoms with Crippen LogP contribution < -0.4 is 0 Å². The van der Waals surface area contributed by atoms with Crippen molar-refractivity contribution in [3.8, 4) is 0 Å². The van der Waals surface area contributed by atoms with E-state index >= 15 is 0 Å². The lowest BCUT2D eigenvalue weighted by Crippen LogP contribution is -2.30. The summed E-state index contributed by atoms with van der Waals surface area (Å²) in [6.07, 6.45) is 4.75. The largest absolute Gasteiger partial charge is 0.306 e. The Bertz CT molecular complexity index is 441. The van der Waals surface area contributed by atoms with E-state index in [1.54, 1.807) is 4.68 Å². The van der Waals surface area contributed by atoms with E-state index in [0.29, 0.717) is 0 Å². The molecule has 1 aromatic heterocycles. The third-order valence-electron chi connectivity index (χ3n) is 4.39. The van der Waals surface area contributed by atoms with E-state index in [0.717, 1.165) is 36.4 Å². The minimum atomic E-state index is 0.718. The minimum Gasteiger partial charge on any atom is -0.306 e. The van der Waals surface area contributed by atoms with Gasteiger partial charge in [0.25, 0.3) is 0 Å². The van der Waals surface area contributed by atoms with Crippen LogP contribution in [0.5, 0.6) is 0 Å². The van der Waals surface area contributed by atoms with Crippen molar-refractivity contribution in [2.75, 3.05) is 27.2 Å². The topological polar surface area (TPSA) is 24.3 Å². The molecule has 0 saturated carbocycles. The van der Waals surface area contributed by atoms with Crippen LogP contribution in [-0.4, -0.2) is 52.8 Å². The molecule has 1 aliphatic rings. The van der Waals surface area contributed by atoms with Crippen LogP contribution in [0.1, 0.15) is 37.4 Å². The lowest BCUT2D eigenvalue weighted by Gasteiger charge is -2.23. The summed E-state index contributed by atoms with van der Waals surface area (Å²) in [6, 6.07) is 0.718. The second-order valence-corrected chi connectivity index (χ2v) is 6.38. The second-order valence-electron chi connectivity index (χ2n) is 6.02. The standard InChI is InChI=1S/C15H27ClN4/c1-5-14-13(15(16)19(4)17-14)11-20-9-6-7-12(8-10-20)18(2)3/h12H,5-11H2,1-4H3/t12-/m0/s1. The average molecular weight is 299 g/mol. The fourth-order valence-corrected chi connectivity index (χ4v) is 3.28. The van der Waals surface area contributed by atoms with Gasteiger partial charge in [0, 0.05) is 25.2 Å². The van der Waals surface area contributed by atoms with Crippen LogP contribution in [0.15, 0.2) is 0 Å². The molecule has 0 bridgehead atoms. The smallest absolute Gasteiger partial charge is 0.131 e. The first-order valence-electron chi connectivity index (χ1n) is 7.62. The molecule has 0 aromatic carbocycles. The van der Waals surface area contributed by atoms with Crippen LogP contribution >= 0.6 is 11.6 Å². The first kappa shape index (κ1) is 15.8. The van der Waals surface area contributed by atoms with Gasteiger partial charge in [-0.2, -0.15) is 5.10 Å². The summed E-state index contributed by atoms with van der Waals surface area (Å²) in [4.78, 5) is 4.89. The molecule has 20 heavy (non-hydrogen) atoms. The maximum atomic E-state index is 6.40. The summed E-state index contributed by atoms with van der Waals surface area (Å²) in [5.41, 5.74) is 2.37. The quantitative estimate of drug-likeness (QED) is 0.854. The monoisotopic (exact) mass is 298 g/mol. The van der Waals surface area contributed by atoms with E-state index in [9.17, 15) is 0 Å². The van der Waals surface area contributed by atoms with Crippen LogP contribution in [0.25, 0.3) is 0 Å². The number of hydrogen-bond acceptors (Lipinski definition) is 3. The molecule has 5 heteroatoms. The van der Waals surface area contributed by atoms with E-state index in [4.69, 9.17) is 11.6 Å². The Labute approximate surface area is 127 Å². The molecule has 0 radical (unpaired) electrons. The van der Waals surface area contributed by atoms with Gasteiger partial charge in [-0.1, -0.05) is 18.5 Å². The Morgan fingerprint density at radius 3 is 2.70 bits per heavy atom. The molecule has 2 heterocycles. The van der Waals surface area contributed by atoms with E-state index in [1.165, 1.54) is 31.4 Å². The molecule has 4 nitrogen and oxygen atoms in total. The Kier molecular flexibility index (Phi) is 5.47. The number of hydrogen-bond donors (Lipinski definition) is 0. The highest BCUT2D eigenvalue weighted by atomic mass is 35.5. The molecule has 1 aromatic rings. The number of halogens is 1. The number of likely N-dealkylation sites (tertiary alicyclic amines) is 1. The molecular weight excluding hydrogens is 272 g/mol. The Morgan fingerprint density at radius 2 is 2.05 bits per heavy atom. The summed E-state index contributed by atoms with van der Waals surface area (Å²) >= 11 is 6.40. The fraction of sp³-hybridized carbons (Fsp3) is 0.800. The molecule has 114 valence electrons. The summed E-state index contributed by atoms with van der Waals surface area (Å²) in [5.74, 6) is 0. The minimum absolute atomic E-state index is 0.718. The van der Waals surface area contributed by atoms with Gasteiger partial charge >= 0.3 is 0 Å². The molecule has 0 spiro atoms. The van der Waals surface area contributed by atoms with E-state index in [-0.39, 0.29) is 0 Å². The van der Waals surface area contributed by atoms with Gasteiger partial charge in [-0.25, -0.2) is 0 Å². The molecule has 1 saturated heterocycles. The van der Waals surface area contributed by atoms with Crippen molar-refractivity contribution < 1.29 is 0 Å². The SMILES string of the molecule is CCc1nn(C)c(Cl)c1CN1CCC[C@H](N(C)C)CC1. The van der Waals surface area contributed by atoms with Crippen molar-refractivity contribution in [1.82, 2.24) is 19.6 Å². The van der Waals surface area contributed by atoms with Crippen LogP contribution in [0.4, 0.5) is 0 Å². The zero-order valence-corrected chi connectivity index (χ0v) is 13.9. The molecule has 1 fully saturated rings. The van der Waals surface area contributed by atoms with Crippen molar-refractivity contribution in [2.24, 2.45) is 7.05 Å². The van der Waals surface area contributed by atoms with Crippen molar-refractivity contribution in [3.05, 3.63) is 16.4 Å². The lowest BCUT2D eigenvalue weighted by molar-refractivity contribution is 0.245. The molecule has 0 amide bonds. The van der Waals surface area contributed by atoms with Crippen molar-refractivity contribution in [2.45, 2.75) is 45.2 Å². The highest BCUT2D eigenvalue weighted by molar-refractivity contribution is 6.30. The highest BCUT2D eigenvalue weighted by Crippen LogP contribution is 2.23. The van der Waals surface area contributed by atoms with Gasteiger partial charge in [0.1, 0.15) is 5.15 Å². The average Bonchev–Trinajstić information content (AvgIpc) is 2.61. The zero-order valence-electron chi connectivity index (χ0n) is 13.2. The fourth-order valence-electron chi connectivity index (χ4n) is 3.08. The normalized spacial score (nSPS) is 21.4.